The molecule has 0 unspecified atom stereocenters. The lowest BCUT2D eigenvalue weighted by atomic mass is 9.85. The molecule has 0 fully saturated rings. The fourth-order valence-corrected chi connectivity index (χ4v) is 13.1. The van der Waals surface area contributed by atoms with Gasteiger partial charge in [-0.3, -0.25) is 0 Å². The van der Waals surface area contributed by atoms with E-state index in [1.165, 1.54) is 44.2 Å². The van der Waals surface area contributed by atoms with Gasteiger partial charge < -0.3 is 23.2 Å². The summed E-state index contributed by atoms with van der Waals surface area (Å²) in [5, 5.41) is 19.9. The second-order valence-electron chi connectivity index (χ2n) is 30.6. The molecule has 3 heterocycles. The van der Waals surface area contributed by atoms with Crippen molar-refractivity contribution in [2.45, 2.75) is 157 Å². The second kappa shape index (κ2) is 20.3. The van der Waals surface area contributed by atoms with Crippen LogP contribution in [0.2, 0.25) is 0 Å². The largest absolute Gasteiger partial charge is 0.497 e. The molecule has 6 heteroatoms. The molecule has 3 aromatic heterocycles. The summed E-state index contributed by atoms with van der Waals surface area (Å²) >= 11 is 0. The molecular formula is C81H86N4O2. The molecule has 0 aliphatic rings. The minimum atomic E-state index is -0.136. The third-order valence-corrected chi connectivity index (χ3v) is 18.5. The molecule has 0 saturated heterocycles. The van der Waals surface area contributed by atoms with E-state index in [0.29, 0.717) is 5.56 Å². The van der Waals surface area contributed by atoms with Crippen LogP contribution in [0.4, 0.5) is 0 Å². The zero-order valence-corrected chi connectivity index (χ0v) is 55.1. The van der Waals surface area contributed by atoms with Gasteiger partial charge in [0.25, 0.3) is 0 Å². The van der Waals surface area contributed by atoms with Gasteiger partial charge in [0.2, 0.25) is 0 Å². The van der Waals surface area contributed by atoms with E-state index in [-0.39, 0.29) is 32.5 Å². The Balaban J connectivity index is 1.44. The van der Waals surface area contributed by atoms with Crippen molar-refractivity contribution in [3.05, 3.63) is 197 Å². The number of hydrogen-bond acceptors (Lipinski definition) is 3. The molecule has 0 spiro atoms. The van der Waals surface area contributed by atoms with Crippen molar-refractivity contribution in [3.8, 4) is 56.9 Å². The monoisotopic (exact) mass is 1150 g/mol. The van der Waals surface area contributed by atoms with Crippen molar-refractivity contribution < 1.29 is 9.47 Å². The van der Waals surface area contributed by atoms with Crippen molar-refractivity contribution >= 4 is 65.4 Å². The molecule has 87 heavy (non-hydrogen) atoms. The van der Waals surface area contributed by atoms with Gasteiger partial charge in [-0.2, -0.15) is 5.26 Å². The van der Waals surface area contributed by atoms with Crippen LogP contribution < -0.4 is 9.47 Å². The molecule has 0 saturated carbocycles. The first-order valence-corrected chi connectivity index (χ1v) is 31.0. The molecule has 9 aromatic carbocycles. The highest BCUT2D eigenvalue weighted by molar-refractivity contribution is 6.17. The van der Waals surface area contributed by atoms with E-state index in [4.69, 9.17) is 9.47 Å². The Morgan fingerprint density at radius 3 is 0.678 bits per heavy atom. The standard InChI is InChI=1S/C81H86N4O2/c1-76(2,3)50-25-35-65-58(41-50)59-42-51(77(4,5)6)26-36-66(59)83(65)73-64(47-82)74(84-67-37-27-52(78(7,8)9)43-60(67)61-44-53(79(10,11)12)28-38-68(61)84)72(49-23-33-57(87-20)34-24-49)75(71(73)48-21-31-56(86-19)32-22-48)85-69-39-29-54(80(13,14)15)45-62(69)63-46-55(81(16,17)18)30-40-70(63)85/h21-46H,1-20H3. The van der Waals surface area contributed by atoms with Gasteiger partial charge in [0.1, 0.15) is 23.1 Å². The van der Waals surface area contributed by atoms with Gasteiger partial charge in [-0.1, -0.05) is 185 Å². The molecule has 0 aliphatic heterocycles. The number of nitrogens with zero attached hydrogens (tertiary/aromatic N) is 4. The Bertz CT molecular complexity index is 4360. The predicted octanol–water partition coefficient (Wildman–Crippen LogP) is 22.0. The van der Waals surface area contributed by atoms with Gasteiger partial charge >= 0.3 is 0 Å². The second-order valence-corrected chi connectivity index (χ2v) is 30.6. The Kier molecular flexibility index (Phi) is 13.7. The van der Waals surface area contributed by atoms with Crippen LogP contribution in [-0.4, -0.2) is 27.9 Å². The van der Waals surface area contributed by atoms with Crippen molar-refractivity contribution in [1.82, 2.24) is 13.7 Å². The number of rotatable bonds is 7. The summed E-state index contributed by atoms with van der Waals surface area (Å²) in [7, 11) is 3.45. The minimum absolute atomic E-state index is 0.131. The summed E-state index contributed by atoms with van der Waals surface area (Å²) < 4.78 is 19.4. The summed E-state index contributed by atoms with van der Waals surface area (Å²) in [4.78, 5) is 0. The van der Waals surface area contributed by atoms with E-state index in [1.54, 1.807) is 14.2 Å². The summed E-state index contributed by atoms with van der Waals surface area (Å²) in [5.41, 5.74) is 19.6. The maximum atomic E-state index is 13.1. The van der Waals surface area contributed by atoms with Crippen molar-refractivity contribution in [2.75, 3.05) is 14.2 Å². The summed E-state index contributed by atoms with van der Waals surface area (Å²) in [6.45, 7) is 41.3. The van der Waals surface area contributed by atoms with Gasteiger partial charge in [0, 0.05) is 43.4 Å². The highest BCUT2D eigenvalue weighted by atomic mass is 16.5. The number of nitriles is 1. The molecule has 442 valence electrons. The fourth-order valence-electron chi connectivity index (χ4n) is 13.1. The average molecular weight is 1150 g/mol. The van der Waals surface area contributed by atoms with Crippen LogP contribution in [0.1, 0.15) is 164 Å². The highest BCUT2D eigenvalue weighted by Crippen LogP contribution is 2.54. The molecular weight excluding hydrogens is 1060 g/mol. The molecule has 12 aromatic rings. The zero-order chi connectivity index (χ0) is 62.4. The van der Waals surface area contributed by atoms with Crippen LogP contribution in [0, 0.1) is 11.3 Å². The third kappa shape index (κ3) is 9.87. The van der Waals surface area contributed by atoms with Crippen LogP contribution >= 0.6 is 0 Å². The Morgan fingerprint density at radius 1 is 0.287 bits per heavy atom. The van der Waals surface area contributed by atoms with E-state index in [1.807, 2.05) is 0 Å². The van der Waals surface area contributed by atoms with Gasteiger partial charge in [-0.15, -0.1) is 0 Å². The van der Waals surface area contributed by atoms with Gasteiger partial charge in [-0.25, -0.2) is 0 Å². The lowest BCUT2D eigenvalue weighted by molar-refractivity contribution is 0.415. The number of fused-ring (bicyclic) bond motifs is 9. The van der Waals surface area contributed by atoms with Gasteiger partial charge in [-0.05, 0) is 174 Å². The number of ether oxygens (including phenoxy) is 2. The third-order valence-electron chi connectivity index (χ3n) is 18.5. The first-order chi connectivity index (χ1) is 40.8. The topological polar surface area (TPSA) is 57.0 Å². The quantitative estimate of drug-likeness (QED) is 0.160. The predicted molar refractivity (Wildman–Crippen MR) is 370 cm³/mol. The smallest absolute Gasteiger partial charge is 0.118 e. The molecule has 0 amide bonds. The number of methoxy groups -OCH3 is 2. The maximum absolute atomic E-state index is 13.1. The van der Waals surface area contributed by atoms with Gasteiger partial charge in [0.15, 0.2) is 0 Å². The average Bonchev–Trinajstić information content (AvgIpc) is 1.63. The Labute approximate surface area is 516 Å². The Morgan fingerprint density at radius 2 is 0.494 bits per heavy atom. The summed E-state index contributed by atoms with van der Waals surface area (Å²) in [5.74, 6) is 1.48. The molecule has 0 radical (unpaired) electrons. The van der Waals surface area contributed by atoms with Crippen LogP contribution in [0.25, 0.3) is 105 Å². The first-order valence-electron chi connectivity index (χ1n) is 31.0. The van der Waals surface area contributed by atoms with Crippen molar-refractivity contribution in [2.24, 2.45) is 0 Å². The molecule has 12 rings (SSSR count). The minimum Gasteiger partial charge on any atom is -0.497 e. The molecule has 0 atom stereocenters. The SMILES string of the molecule is COc1ccc(-c2c(-n3c4ccc(C(C)(C)C)cc4c4cc(C(C)(C)C)ccc43)c(C#N)c(-n3c4ccc(C(C)(C)C)cc4c4cc(C(C)(C)C)ccc43)c(-c3ccc(OC)cc3)c2-n2c3ccc(C(C)(C)C)cc3c3cc(C(C)(C)C)ccc32)cc1. The van der Waals surface area contributed by atoms with Gasteiger partial charge in [0.05, 0.1) is 64.4 Å². The Hall–Kier alpha value is -8.53. The first kappa shape index (κ1) is 58.8. The van der Waals surface area contributed by atoms with E-state index >= 15 is 0 Å². The van der Waals surface area contributed by atoms with E-state index in [2.05, 4.69) is 302 Å². The lowest BCUT2D eigenvalue weighted by Crippen LogP contribution is -2.14. The number of aromatic nitrogens is 3. The molecule has 0 aliphatic carbocycles. The number of benzene rings is 9. The fraction of sp³-hybridized carbons (Fsp3) is 0.321. The van der Waals surface area contributed by atoms with E-state index in [9.17, 15) is 5.26 Å². The molecule has 6 nitrogen and oxygen atoms in total. The van der Waals surface area contributed by atoms with Crippen LogP contribution in [-0.2, 0) is 32.5 Å². The van der Waals surface area contributed by atoms with E-state index in [0.717, 1.165) is 105 Å². The molecule has 0 bridgehead atoms. The van der Waals surface area contributed by atoms with E-state index < -0.39 is 0 Å². The molecule has 0 N–H and O–H groups in total. The summed E-state index contributed by atoms with van der Waals surface area (Å²) in [6.07, 6.45) is 0. The number of hydrogen-bond donors (Lipinski definition) is 0. The lowest BCUT2D eigenvalue weighted by Gasteiger charge is -2.29. The van der Waals surface area contributed by atoms with Crippen LogP contribution in [0.5, 0.6) is 11.5 Å². The highest BCUT2D eigenvalue weighted by Gasteiger charge is 2.35. The summed E-state index contributed by atoms with van der Waals surface area (Å²) in [6, 6.07) is 62.4. The van der Waals surface area contributed by atoms with Crippen LogP contribution in [0.15, 0.2) is 158 Å². The zero-order valence-electron chi connectivity index (χ0n) is 55.1. The van der Waals surface area contributed by atoms with Crippen molar-refractivity contribution in [1.29, 1.82) is 5.26 Å². The van der Waals surface area contributed by atoms with Crippen LogP contribution in [0.3, 0.4) is 0 Å². The normalized spacial score (nSPS) is 13.0. The maximum Gasteiger partial charge on any atom is 0.118 e. The van der Waals surface area contributed by atoms with Crippen molar-refractivity contribution in [3.63, 3.8) is 0 Å².